The van der Waals surface area contributed by atoms with Gasteiger partial charge in [-0.2, -0.15) is 0 Å². The van der Waals surface area contributed by atoms with E-state index in [9.17, 15) is 4.79 Å². The Balaban J connectivity index is 1.65. The second kappa shape index (κ2) is 6.29. The molecule has 3 aromatic rings. The zero-order chi connectivity index (χ0) is 15.5. The summed E-state index contributed by atoms with van der Waals surface area (Å²) in [5, 5.41) is 11.2. The number of carbonyl (C=O) groups is 1. The van der Waals surface area contributed by atoms with Crippen LogP contribution < -0.4 is 5.32 Å². The molecule has 112 valence electrons. The van der Waals surface area contributed by atoms with Crippen LogP contribution in [0, 0.1) is 6.92 Å². The van der Waals surface area contributed by atoms with Gasteiger partial charge in [0.25, 0.3) is 11.8 Å². The van der Waals surface area contributed by atoms with Gasteiger partial charge in [0.05, 0.1) is 11.4 Å². The molecule has 0 saturated heterocycles. The van der Waals surface area contributed by atoms with Gasteiger partial charge in [0.15, 0.2) is 0 Å². The largest absolute Gasteiger partial charge is 0.418 e. The zero-order valence-electron chi connectivity index (χ0n) is 11.7. The summed E-state index contributed by atoms with van der Waals surface area (Å²) in [4.78, 5) is 14.1. The Morgan fingerprint density at radius 2 is 2.18 bits per heavy atom. The van der Waals surface area contributed by atoms with E-state index in [1.165, 1.54) is 4.88 Å². The third-order valence-corrected chi connectivity index (χ3v) is 4.13. The fraction of sp³-hybridized carbons (Fsp3) is 0.133. The molecule has 3 rings (SSSR count). The molecule has 0 aliphatic carbocycles. The second-order valence-corrected chi connectivity index (χ2v) is 6.33. The maximum Gasteiger partial charge on any atom is 0.257 e. The molecule has 1 aromatic carbocycles. The number of hydrogen-bond acceptors (Lipinski definition) is 5. The molecule has 0 aliphatic heterocycles. The predicted octanol–water partition coefficient (Wildman–Crippen LogP) is 3.69. The minimum Gasteiger partial charge on any atom is -0.418 e. The van der Waals surface area contributed by atoms with Gasteiger partial charge in [-0.1, -0.05) is 17.7 Å². The lowest BCUT2D eigenvalue weighted by atomic mass is 10.2. The van der Waals surface area contributed by atoms with Crippen molar-refractivity contribution in [3.05, 3.63) is 57.8 Å². The Bertz CT molecular complexity index is 812. The SMILES string of the molecule is Cc1ccc(-c2nnc(CNC(=O)c3cccc(Cl)c3)o2)s1. The molecule has 0 bridgehead atoms. The van der Waals surface area contributed by atoms with E-state index in [2.05, 4.69) is 15.5 Å². The molecule has 1 N–H and O–H groups in total. The van der Waals surface area contributed by atoms with Crippen molar-refractivity contribution in [3.8, 4) is 10.8 Å². The summed E-state index contributed by atoms with van der Waals surface area (Å²) in [5.41, 5.74) is 0.487. The first-order valence-corrected chi connectivity index (χ1v) is 7.74. The van der Waals surface area contributed by atoms with Crippen molar-refractivity contribution in [2.45, 2.75) is 13.5 Å². The average molecular weight is 334 g/mol. The number of halogens is 1. The van der Waals surface area contributed by atoms with E-state index in [1.807, 2.05) is 19.1 Å². The second-order valence-electron chi connectivity index (χ2n) is 4.60. The standard InChI is InChI=1S/C15H12ClN3O2S/c1-9-5-6-12(22-9)15-19-18-13(21-15)8-17-14(20)10-3-2-4-11(16)7-10/h2-7H,8H2,1H3,(H,17,20). The van der Waals surface area contributed by atoms with E-state index >= 15 is 0 Å². The monoisotopic (exact) mass is 333 g/mol. The van der Waals surface area contributed by atoms with Gasteiger partial charge in [0, 0.05) is 15.5 Å². The van der Waals surface area contributed by atoms with Gasteiger partial charge in [-0.25, -0.2) is 0 Å². The summed E-state index contributed by atoms with van der Waals surface area (Å²) in [5.74, 6) is 0.579. The number of aryl methyl sites for hydroxylation is 1. The van der Waals surface area contributed by atoms with Crippen LogP contribution in [0.25, 0.3) is 10.8 Å². The maximum absolute atomic E-state index is 12.0. The van der Waals surface area contributed by atoms with Crippen molar-refractivity contribution >= 4 is 28.8 Å². The van der Waals surface area contributed by atoms with Crippen molar-refractivity contribution in [2.24, 2.45) is 0 Å². The number of rotatable bonds is 4. The van der Waals surface area contributed by atoms with Crippen LogP contribution in [0.3, 0.4) is 0 Å². The van der Waals surface area contributed by atoms with Crippen LogP contribution in [0.5, 0.6) is 0 Å². The fourth-order valence-electron chi connectivity index (χ4n) is 1.86. The molecule has 5 nitrogen and oxygen atoms in total. The summed E-state index contributed by atoms with van der Waals surface area (Å²) in [6.45, 7) is 2.18. The Hall–Kier alpha value is -2.18. The van der Waals surface area contributed by atoms with Gasteiger partial charge in [0.2, 0.25) is 5.89 Å². The van der Waals surface area contributed by atoms with E-state index in [0.29, 0.717) is 22.4 Å². The highest BCUT2D eigenvalue weighted by molar-refractivity contribution is 7.15. The van der Waals surface area contributed by atoms with Gasteiger partial charge < -0.3 is 9.73 Å². The molecule has 0 saturated carbocycles. The number of nitrogens with one attached hydrogen (secondary N) is 1. The Morgan fingerprint density at radius 1 is 1.32 bits per heavy atom. The highest BCUT2D eigenvalue weighted by atomic mass is 35.5. The Labute approximate surface area is 135 Å². The van der Waals surface area contributed by atoms with Gasteiger partial charge in [-0.3, -0.25) is 4.79 Å². The van der Waals surface area contributed by atoms with Crippen molar-refractivity contribution < 1.29 is 9.21 Å². The van der Waals surface area contributed by atoms with Crippen LogP contribution in [0.2, 0.25) is 5.02 Å². The summed E-state index contributed by atoms with van der Waals surface area (Å²) >= 11 is 7.44. The van der Waals surface area contributed by atoms with E-state index in [4.69, 9.17) is 16.0 Å². The fourth-order valence-corrected chi connectivity index (χ4v) is 2.84. The third-order valence-electron chi connectivity index (χ3n) is 2.90. The summed E-state index contributed by atoms with van der Waals surface area (Å²) in [6.07, 6.45) is 0. The smallest absolute Gasteiger partial charge is 0.257 e. The zero-order valence-corrected chi connectivity index (χ0v) is 13.2. The number of carbonyl (C=O) groups excluding carboxylic acids is 1. The number of aromatic nitrogens is 2. The number of thiophene rings is 1. The van der Waals surface area contributed by atoms with Crippen LogP contribution in [0.15, 0.2) is 40.8 Å². The molecule has 0 fully saturated rings. The van der Waals surface area contributed by atoms with Crippen molar-refractivity contribution in [1.82, 2.24) is 15.5 Å². The van der Waals surface area contributed by atoms with Crippen molar-refractivity contribution in [3.63, 3.8) is 0 Å². The molecule has 0 unspecified atom stereocenters. The minimum atomic E-state index is -0.241. The van der Waals surface area contributed by atoms with Crippen LogP contribution in [-0.2, 0) is 6.54 Å². The van der Waals surface area contributed by atoms with Gasteiger partial charge in [-0.15, -0.1) is 21.5 Å². The van der Waals surface area contributed by atoms with E-state index < -0.39 is 0 Å². The van der Waals surface area contributed by atoms with Crippen molar-refractivity contribution in [2.75, 3.05) is 0 Å². The quantitative estimate of drug-likeness (QED) is 0.790. The first-order chi connectivity index (χ1) is 10.6. The summed E-state index contributed by atoms with van der Waals surface area (Å²) < 4.78 is 5.54. The van der Waals surface area contributed by atoms with Gasteiger partial charge in [-0.05, 0) is 37.3 Å². The number of hydrogen-bond donors (Lipinski definition) is 1. The molecular formula is C15H12ClN3O2S. The van der Waals surface area contributed by atoms with E-state index in [-0.39, 0.29) is 12.5 Å². The molecule has 7 heteroatoms. The highest BCUT2D eigenvalue weighted by Gasteiger charge is 2.12. The molecule has 0 aliphatic rings. The molecule has 0 radical (unpaired) electrons. The van der Waals surface area contributed by atoms with E-state index in [0.717, 1.165) is 4.88 Å². The number of nitrogens with zero attached hydrogens (tertiary/aromatic N) is 2. The first-order valence-electron chi connectivity index (χ1n) is 6.55. The number of benzene rings is 1. The maximum atomic E-state index is 12.0. The first kappa shape index (κ1) is 14.7. The molecule has 2 aromatic heterocycles. The van der Waals surface area contributed by atoms with Crippen molar-refractivity contribution in [1.29, 1.82) is 0 Å². The molecule has 0 spiro atoms. The van der Waals surface area contributed by atoms with Gasteiger partial charge in [0.1, 0.15) is 0 Å². The molecular weight excluding hydrogens is 322 g/mol. The molecule has 22 heavy (non-hydrogen) atoms. The lowest BCUT2D eigenvalue weighted by molar-refractivity contribution is 0.0947. The van der Waals surface area contributed by atoms with Gasteiger partial charge >= 0.3 is 0 Å². The average Bonchev–Trinajstić information content (AvgIpc) is 3.13. The van der Waals surface area contributed by atoms with Crippen LogP contribution >= 0.6 is 22.9 Å². The Morgan fingerprint density at radius 3 is 2.91 bits per heavy atom. The lowest BCUT2D eigenvalue weighted by Gasteiger charge is -2.02. The third kappa shape index (κ3) is 3.35. The molecule has 2 heterocycles. The summed E-state index contributed by atoms with van der Waals surface area (Å²) in [7, 11) is 0. The normalized spacial score (nSPS) is 10.6. The lowest BCUT2D eigenvalue weighted by Crippen LogP contribution is -2.22. The predicted molar refractivity (Wildman–Crippen MR) is 85.0 cm³/mol. The molecule has 1 amide bonds. The van der Waals surface area contributed by atoms with Crippen LogP contribution in [-0.4, -0.2) is 16.1 Å². The van der Waals surface area contributed by atoms with Crippen LogP contribution in [0.1, 0.15) is 21.1 Å². The number of amides is 1. The van der Waals surface area contributed by atoms with Crippen LogP contribution in [0.4, 0.5) is 0 Å². The molecule has 0 atom stereocenters. The minimum absolute atomic E-state index is 0.169. The Kier molecular flexibility index (Phi) is 4.22. The topological polar surface area (TPSA) is 68.0 Å². The highest BCUT2D eigenvalue weighted by Crippen LogP contribution is 2.26. The van der Waals surface area contributed by atoms with E-state index in [1.54, 1.807) is 35.6 Å². The summed E-state index contributed by atoms with van der Waals surface area (Å²) in [6, 6.07) is 10.7.